The largest absolute Gasteiger partial charge is 0.385 e. The predicted octanol–water partition coefficient (Wildman–Crippen LogP) is 2.41. The predicted molar refractivity (Wildman–Crippen MR) is 104 cm³/mol. The van der Waals surface area contributed by atoms with Gasteiger partial charge < -0.3 is 15.0 Å². The number of hydrogen-bond acceptors (Lipinski definition) is 4. The van der Waals surface area contributed by atoms with Crippen LogP contribution in [-0.2, 0) is 16.1 Å². The molecule has 2 fully saturated rings. The lowest BCUT2D eigenvalue weighted by atomic mass is 10.0. The third-order valence-corrected chi connectivity index (χ3v) is 5.73. The summed E-state index contributed by atoms with van der Waals surface area (Å²) in [5.74, 6) is -0.0321. The van der Waals surface area contributed by atoms with Crippen LogP contribution < -0.4 is 5.32 Å². The van der Waals surface area contributed by atoms with Crippen molar-refractivity contribution < 1.29 is 13.9 Å². The Morgan fingerprint density at radius 2 is 2.00 bits per heavy atom. The summed E-state index contributed by atoms with van der Waals surface area (Å²) in [6, 6.07) is 6.95. The Labute approximate surface area is 161 Å². The van der Waals surface area contributed by atoms with E-state index >= 15 is 0 Å². The van der Waals surface area contributed by atoms with Gasteiger partial charge in [0.25, 0.3) is 0 Å². The fourth-order valence-corrected chi connectivity index (χ4v) is 4.32. The van der Waals surface area contributed by atoms with Gasteiger partial charge in [-0.15, -0.1) is 0 Å². The van der Waals surface area contributed by atoms with Crippen molar-refractivity contribution in [2.75, 3.05) is 39.9 Å². The number of ether oxygens (including phenoxy) is 1. The molecule has 5 nitrogen and oxygen atoms in total. The van der Waals surface area contributed by atoms with Crippen molar-refractivity contribution >= 4 is 5.91 Å². The number of nitrogens with one attached hydrogen (secondary N) is 1. The van der Waals surface area contributed by atoms with Crippen LogP contribution in [0.4, 0.5) is 4.39 Å². The Hall–Kier alpha value is -1.50. The molecule has 1 atom stereocenters. The second-order valence-electron chi connectivity index (χ2n) is 7.61. The average Bonchev–Trinajstić information content (AvgIpc) is 3.19. The van der Waals surface area contributed by atoms with Crippen LogP contribution in [0.15, 0.2) is 24.3 Å². The van der Waals surface area contributed by atoms with Gasteiger partial charge in [-0.1, -0.05) is 12.1 Å². The molecule has 2 aliphatic rings. The third-order valence-electron chi connectivity index (χ3n) is 5.73. The second-order valence-corrected chi connectivity index (χ2v) is 7.61. The number of halogens is 1. The van der Waals surface area contributed by atoms with Crippen molar-refractivity contribution in [2.24, 2.45) is 0 Å². The standard InChI is InChI=1S/C21H32FN3O2/c1-27-15-3-13-24(16-17-5-7-18(22)8-6-17)21(26)20-4-2-14-25(20)19-9-11-23-12-10-19/h5-8,19-20,23H,2-4,9-16H2,1H3/t20-/m0/s1. The van der Waals surface area contributed by atoms with Crippen LogP contribution in [0.5, 0.6) is 0 Å². The second kappa shape index (κ2) is 10.2. The highest BCUT2D eigenvalue weighted by Crippen LogP contribution is 2.26. The van der Waals surface area contributed by atoms with E-state index in [1.165, 1.54) is 12.1 Å². The fourth-order valence-electron chi connectivity index (χ4n) is 4.32. The number of nitrogens with zero attached hydrogens (tertiary/aromatic N) is 2. The zero-order valence-corrected chi connectivity index (χ0v) is 16.3. The number of likely N-dealkylation sites (tertiary alicyclic amines) is 1. The number of amides is 1. The van der Waals surface area contributed by atoms with Gasteiger partial charge in [0.15, 0.2) is 0 Å². The molecule has 0 aromatic heterocycles. The molecular weight excluding hydrogens is 345 g/mol. The lowest BCUT2D eigenvalue weighted by Gasteiger charge is -2.37. The van der Waals surface area contributed by atoms with Crippen molar-refractivity contribution in [2.45, 2.75) is 50.7 Å². The SMILES string of the molecule is COCCCN(Cc1ccc(F)cc1)C(=O)[C@@H]1CCCN1C1CCNCC1. The van der Waals surface area contributed by atoms with Crippen molar-refractivity contribution in [1.82, 2.24) is 15.1 Å². The topological polar surface area (TPSA) is 44.8 Å². The highest BCUT2D eigenvalue weighted by molar-refractivity contribution is 5.82. The van der Waals surface area contributed by atoms with Gasteiger partial charge in [0, 0.05) is 32.8 Å². The normalized spacial score (nSPS) is 21.5. The van der Waals surface area contributed by atoms with Crippen LogP contribution in [0.2, 0.25) is 0 Å². The molecule has 0 radical (unpaired) electrons. The maximum absolute atomic E-state index is 13.4. The summed E-state index contributed by atoms with van der Waals surface area (Å²) in [7, 11) is 1.68. The van der Waals surface area contributed by atoms with E-state index in [2.05, 4.69) is 10.2 Å². The monoisotopic (exact) mass is 377 g/mol. The molecule has 2 saturated heterocycles. The Kier molecular flexibility index (Phi) is 7.61. The molecule has 150 valence electrons. The smallest absolute Gasteiger partial charge is 0.240 e. The van der Waals surface area contributed by atoms with Crippen LogP contribution in [-0.4, -0.2) is 67.7 Å². The summed E-state index contributed by atoms with van der Waals surface area (Å²) < 4.78 is 18.4. The Morgan fingerprint density at radius 3 is 2.70 bits per heavy atom. The molecule has 6 heteroatoms. The average molecular weight is 378 g/mol. The van der Waals surface area contributed by atoms with Gasteiger partial charge in [0.1, 0.15) is 5.82 Å². The number of methoxy groups -OCH3 is 1. The molecule has 0 unspecified atom stereocenters. The Balaban J connectivity index is 1.69. The number of carbonyl (C=O) groups is 1. The zero-order chi connectivity index (χ0) is 19.1. The van der Waals surface area contributed by atoms with E-state index < -0.39 is 0 Å². The first-order chi connectivity index (χ1) is 13.2. The van der Waals surface area contributed by atoms with Gasteiger partial charge in [0.2, 0.25) is 5.91 Å². The van der Waals surface area contributed by atoms with Crippen LogP contribution in [0.1, 0.15) is 37.7 Å². The number of benzene rings is 1. The lowest BCUT2D eigenvalue weighted by Crippen LogP contribution is -2.51. The molecule has 1 aromatic rings. The molecule has 0 aliphatic carbocycles. The van der Waals surface area contributed by atoms with Gasteiger partial charge in [-0.05, 0) is 69.4 Å². The number of piperidine rings is 1. The summed E-state index contributed by atoms with van der Waals surface area (Å²) >= 11 is 0. The molecule has 1 aromatic carbocycles. The van der Waals surface area contributed by atoms with E-state index in [1.807, 2.05) is 4.90 Å². The molecule has 1 N–H and O–H groups in total. The molecular formula is C21H32FN3O2. The van der Waals surface area contributed by atoms with Crippen molar-refractivity contribution in [1.29, 1.82) is 0 Å². The minimum atomic E-state index is -0.246. The van der Waals surface area contributed by atoms with Crippen LogP contribution in [0.3, 0.4) is 0 Å². The molecule has 2 heterocycles. The van der Waals surface area contributed by atoms with Gasteiger partial charge in [-0.25, -0.2) is 4.39 Å². The maximum atomic E-state index is 13.4. The number of hydrogen-bond donors (Lipinski definition) is 1. The summed E-state index contributed by atoms with van der Waals surface area (Å²) in [5, 5.41) is 3.41. The zero-order valence-electron chi connectivity index (χ0n) is 16.3. The number of rotatable bonds is 8. The summed E-state index contributed by atoms with van der Waals surface area (Å²) in [4.78, 5) is 17.8. The fraction of sp³-hybridized carbons (Fsp3) is 0.667. The first-order valence-corrected chi connectivity index (χ1v) is 10.2. The van der Waals surface area contributed by atoms with Crippen LogP contribution in [0.25, 0.3) is 0 Å². The molecule has 0 bridgehead atoms. The van der Waals surface area contributed by atoms with Gasteiger partial charge in [-0.3, -0.25) is 9.69 Å². The molecule has 0 saturated carbocycles. The van der Waals surface area contributed by atoms with E-state index in [0.29, 0.717) is 25.7 Å². The molecule has 2 aliphatic heterocycles. The number of carbonyl (C=O) groups excluding carboxylic acids is 1. The minimum absolute atomic E-state index is 0.0175. The van der Waals surface area contributed by atoms with Crippen molar-refractivity contribution in [3.63, 3.8) is 0 Å². The Morgan fingerprint density at radius 1 is 1.26 bits per heavy atom. The molecule has 27 heavy (non-hydrogen) atoms. The summed E-state index contributed by atoms with van der Waals surface area (Å²) in [6.07, 6.45) is 5.07. The van der Waals surface area contributed by atoms with Crippen LogP contribution in [0, 0.1) is 5.82 Å². The first kappa shape index (κ1) is 20.2. The molecule has 3 rings (SSSR count). The minimum Gasteiger partial charge on any atom is -0.385 e. The van der Waals surface area contributed by atoms with Crippen molar-refractivity contribution in [3.05, 3.63) is 35.6 Å². The van der Waals surface area contributed by atoms with Crippen LogP contribution >= 0.6 is 0 Å². The highest BCUT2D eigenvalue weighted by atomic mass is 19.1. The van der Waals surface area contributed by atoms with E-state index in [0.717, 1.165) is 57.3 Å². The lowest BCUT2D eigenvalue weighted by molar-refractivity contribution is -0.137. The van der Waals surface area contributed by atoms with E-state index in [-0.39, 0.29) is 17.8 Å². The van der Waals surface area contributed by atoms with E-state index in [9.17, 15) is 9.18 Å². The first-order valence-electron chi connectivity index (χ1n) is 10.2. The Bertz CT molecular complexity index is 590. The molecule has 1 amide bonds. The van der Waals surface area contributed by atoms with Gasteiger partial charge >= 0.3 is 0 Å². The quantitative estimate of drug-likeness (QED) is 0.707. The van der Waals surface area contributed by atoms with E-state index in [1.54, 1.807) is 19.2 Å². The maximum Gasteiger partial charge on any atom is 0.240 e. The van der Waals surface area contributed by atoms with Gasteiger partial charge in [0.05, 0.1) is 6.04 Å². The molecule has 0 spiro atoms. The summed E-state index contributed by atoms with van der Waals surface area (Å²) in [6.45, 7) is 4.92. The van der Waals surface area contributed by atoms with Crippen molar-refractivity contribution in [3.8, 4) is 0 Å². The highest BCUT2D eigenvalue weighted by Gasteiger charge is 2.37. The third kappa shape index (κ3) is 5.50. The summed E-state index contributed by atoms with van der Waals surface area (Å²) in [5.41, 5.74) is 0.966. The van der Waals surface area contributed by atoms with Gasteiger partial charge in [-0.2, -0.15) is 0 Å². The van der Waals surface area contributed by atoms with E-state index in [4.69, 9.17) is 4.74 Å².